The van der Waals surface area contributed by atoms with E-state index >= 15 is 0 Å². The molecular formula is C29H43BrO3. The van der Waals surface area contributed by atoms with Gasteiger partial charge in [-0.2, -0.15) is 0 Å². The summed E-state index contributed by atoms with van der Waals surface area (Å²) in [6.45, 7) is 3.97. The molecule has 0 unspecified atom stereocenters. The maximum absolute atomic E-state index is 11.8. The van der Waals surface area contributed by atoms with Gasteiger partial charge in [0.2, 0.25) is 0 Å². The molecule has 3 aliphatic carbocycles. The van der Waals surface area contributed by atoms with E-state index in [1.54, 1.807) is 6.92 Å². The van der Waals surface area contributed by atoms with Gasteiger partial charge in [-0.1, -0.05) is 67.4 Å². The van der Waals surface area contributed by atoms with E-state index < -0.39 is 0 Å². The van der Waals surface area contributed by atoms with Crippen molar-refractivity contribution in [3.63, 3.8) is 0 Å². The molecule has 0 aliphatic heterocycles. The Balaban J connectivity index is 1.46. The zero-order valence-corrected chi connectivity index (χ0v) is 22.2. The fraction of sp³-hybridized carbons (Fsp3) is 0.759. The number of aromatic hydroxyl groups is 1. The smallest absolute Gasteiger partial charge is 0.302 e. The Kier molecular flexibility index (Phi) is 8.46. The molecule has 0 bridgehead atoms. The summed E-state index contributed by atoms with van der Waals surface area (Å²) in [5.41, 5.74) is 2.99. The molecule has 3 nitrogen and oxygen atoms in total. The molecule has 33 heavy (non-hydrogen) atoms. The predicted octanol–water partition coefficient (Wildman–Crippen LogP) is 7.92. The Morgan fingerprint density at radius 2 is 1.82 bits per heavy atom. The molecule has 1 aromatic carbocycles. The first-order chi connectivity index (χ1) is 15.9. The van der Waals surface area contributed by atoms with Crippen LogP contribution in [-0.2, 0) is 16.0 Å². The van der Waals surface area contributed by atoms with Crippen LogP contribution < -0.4 is 0 Å². The van der Waals surface area contributed by atoms with Crippen molar-refractivity contribution in [1.82, 2.24) is 0 Å². The van der Waals surface area contributed by atoms with Crippen LogP contribution in [0.2, 0.25) is 0 Å². The van der Waals surface area contributed by atoms with Gasteiger partial charge in [-0.05, 0) is 91.9 Å². The van der Waals surface area contributed by atoms with E-state index in [4.69, 9.17) is 4.74 Å². The summed E-state index contributed by atoms with van der Waals surface area (Å²) in [5.74, 6) is 2.88. The SMILES string of the molecule is CC(=O)O[C@@H]1CC[C@H]2[C@@H]3[C@H](CCCCCCCCCBr)Cc4cc(O)ccc4[C@H]3CC[C@]12C. The Morgan fingerprint density at radius 1 is 1.09 bits per heavy atom. The second-order valence-electron chi connectivity index (χ2n) is 11.3. The summed E-state index contributed by atoms with van der Waals surface area (Å²) in [7, 11) is 0. The molecule has 2 saturated carbocycles. The molecule has 0 amide bonds. The van der Waals surface area contributed by atoms with Crippen molar-refractivity contribution in [2.75, 3.05) is 5.33 Å². The number of halogens is 1. The van der Waals surface area contributed by atoms with Gasteiger partial charge >= 0.3 is 5.97 Å². The number of ether oxygens (including phenoxy) is 1. The van der Waals surface area contributed by atoms with Gasteiger partial charge in [0.1, 0.15) is 11.9 Å². The van der Waals surface area contributed by atoms with Gasteiger partial charge in [0, 0.05) is 17.7 Å². The van der Waals surface area contributed by atoms with Gasteiger partial charge in [0.15, 0.2) is 0 Å². The quantitative estimate of drug-likeness (QED) is 0.194. The van der Waals surface area contributed by atoms with Crippen LogP contribution in [0, 0.1) is 23.2 Å². The highest BCUT2D eigenvalue weighted by Gasteiger charge is 2.57. The van der Waals surface area contributed by atoms with E-state index in [0.717, 1.165) is 24.6 Å². The van der Waals surface area contributed by atoms with Gasteiger partial charge in [0.25, 0.3) is 0 Å². The number of alkyl halides is 1. The van der Waals surface area contributed by atoms with Crippen molar-refractivity contribution >= 4 is 21.9 Å². The van der Waals surface area contributed by atoms with Crippen molar-refractivity contribution in [2.24, 2.45) is 23.2 Å². The minimum absolute atomic E-state index is 0.0855. The first-order valence-corrected chi connectivity index (χ1v) is 14.6. The average Bonchev–Trinajstić information content (AvgIpc) is 3.10. The largest absolute Gasteiger partial charge is 0.508 e. The molecule has 0 heterocycles. The zero-order valence-electron chi connectivity index (χ0n) is 20.7. The van der Waals surface area contributed by atoms with Crippen LogP contribution in [-0.4, -0.2) is 22.5 Å². The normalized spacial score (nSPS) is 32.6. The first-order valence-electron chi connectivity index (χ1n) is 13.5. The molecular weight excluding hydrogens is 476 g/mol. The van der Waals surface area contributed by atoms with Crippen LogP contribution in [0.15, 0.2) is 18.2 Å². The molecule has 1 N–H and O–H groups in total. The van der Waals surface area contributed by atoms with E-state index in [2.05, 4.69) is 28.9 Å². The van der Waals surface area contributed by atoms with Crippen LogP contribution in [0.1, 0.15) is 108 Å². The summed E-state index contributed by atoms with van der Waals surface area (Å²) in [6, 6.07) is 6.12. The van der Waals surface area contributed by atoms with Gasteiger partial charge in [-0.15, -0.1) is 0 Å². The number of esters is 1. The summed E-state index contributed by atoms with van der Waals surface area (Å²) in [4.78, 5) is 11.8. The number of fused-ring (bicyclic) bond motifs is 5. The number of benzene rings is 1. The van der Waals surface area contributed by atoms with Crippen LogP contribution in [0.5, 0.6) is 5.75 Å². The van der Waals surface area contributed by atoms with Crippen LogP contribution >= 0.6 is 15.9 Å². The number of hydrogen-bond acceptors (Lipinski definition) is 3. The topological polar surface area (TPSA) is 46.5 Å². The lowest BCUT2D eigenvalue weighted by atomic mass is 9.52. The Hall–Kier alpha value is -1.03. The van der Waals surface area contributed by atoms with Crippen LogP contribution in [0.25, 0.3) is 0 Å². The number of unbranched alkanes of at least 4 members (excludes halogenated alkanes) is 6. The third-order valence-electron chi connectivity index (χ3n) is 9.31. The zero-order chi connectivity index (χ0) is 23.4. The standard InChI is InChI=1S/C29H43BrO3/c1-20(31)33-27-14-13-26-28-21(10-8-6-4-3-5-7-9-17-30)18-22-19-23(32)11-12-24(22)25(28)15-16-29(26,27)2/h11-12,19,21,25-28,32H,3-10,13-18H2,1-2H3/t21-,25-,26+,27-,28-,29+/m1/s1. The van der Waals surface area contributed by atoms with Crippen molar-refractivity contribution in [2.45, 2.75) is 109 Å². The summed E-state index contributed by atoms with van der Waals surface area (Å²) in [6.07, 6.45) is 16.4. The lowest BCUT2D eigenvalue weighted by Crippen LogP contribution is -2.48. The van der Waals surface area contributed by atoms with E-state index in [0.29, 0.717) is 29.4 Å². The molecule has 0 spiro atoms. The van der Waals surface area contributed by atoms with Crippen molar-refractivity contribution in [3.8, 4) is 5.75 Å². The maximum Gasteiger partial charge on any atom is 0.302 e. The second-order valence-corrected chi connectivity index (χ2v) is 12.1. The van der Waals surface area contributed by atoms with Crippen LogP contribution in [0.4, 0.5) is 0 Å². The third kappa shape index (κ3) is 5.46. The van der Waals surface area contributed by atoms with E-state index in [1.165, 1.54) is 75.3 Å². The monoisotopic (exact) mass is 518 g/mol. The molecule has 184 valence electrons. The third-order valence-corrected chi connectivity index (χ3v) is 9.88. The van der Waals surface area contributed by atoms with Gasteiger partial charge < -0.3 is 9.84 Å². The van der Waals surface area contributed by atoms with Gasteiger partial charge in [-0.25, -0.2) is 0 Å². The molecule has 4 rings (SSSR count). The summed E-state index contributed by atoms with van der Waals surface area (Å²) >= 11 is 3.53. The lowest BCUT2D eigenvalue weighted by molar-refractivity contribution is -0.155. The molecule has 2 fully saturated rings. The molecule has 4 heteroatoms. The number of hydrogen-bond donors (Lipinski definition) is 1. The molecule has 0 aromatic heterocycles. The van der Waals surface area contributed by atoms with Crippen molar-refractivity contribution in [3.05, 3.63) is 29.3 Å². The van der Waals surface area contributed by atoms with Crippen molar-refractivity contribution < 1.29 is 14.6 Å². The van der Waals surface area contributed by atoms with Gasteiger partial charge in [-0.3, -0.25) is 4.79 Å². The second kappa shape index (κ2) is 11.1. The molecule has 0 radical (unpaired) electrons. The number of phenolic OH excluding ortho intramolecular Hbond substituents is 1. The van der Waals surface area contributed by atoms with E-state index in [-0.39, 0.29) is 17.5 Å². The average molecular weight is 520 g/mol. The summed E-state index contributed by atoms with van der Waals surface area (Å²) < 4.78 is 5.86. The van der Waals surface area contributed by atoms with E-state index in [1.807, 2.05) is 12.1 Å². The fourth-order valence-corrected chi connectivity index (χ4v) is 8.19. The first kappa shape index (κ1) is 25.1. The number of phenols is 1. The minimum Gasteiger partial charge on any atom is -0.508 e. The van der Waals surface area contributed by atoms with Crippen LogP contribution in [0.3, 0.4) is 0 Å². The fourth-order valence-electron chi connectivity index (χ4n) is 7.79. The molecule has 1 aromatic rings. The Labute approximate surface area is 209 Å². The highest BCUT2D eigenvalue weighted by Crippen LogP contribution is 2.63. The number of rotatable bonds is 10. The minimum atomic E-state index is -0.124. The highest BCUT2D eigenvalue weighted by atomic mass is 79.9. The highest BCUT2D eigenvalue weighted by molar-refractivity contribution is 9.09. The van der Waals surface area contributed by atoms with E-state index in [9.17, 15) is 9.90 Å². The molecule has 3 aliphatic rings. The summed E-state index contributed by atoms with van der Waals surface area (Å²) in [5, 5.41) is 11.3. The number of carbonyl (C=O) groups excluding carboxylic acids is 1. The van der Waals surface area contributed by atoms with Crippen molar-refractivity contribution in [1.29, 1.82) is 0 Å². The Bertz CT molecular complexity index is 808. The molecule has 6 atom stereocenters. The molecule has 0 saturated heterocycles. The number of carbonyl (C=O) groups is 1. The predicted molar refractivity (Wildman–Crippen MR) is 138 cm³/mol. The lowest BCUT2D eigenvalue weighted by Gasteiger charge is -2.53. The Morgan fingerprint density at radius 3 is 2.55 bits per heavy atom. The maximum atomic E-state index is 11.8. The van der Waals surface area contributed by atoms with Gasteiger partial charge in [0.05, 0.1) is 0 Å².